The maximum absolute atomic E-state index is 14.9. The summed E-state index contributed by atoms with van der Waals surface area (Å²) < 4.78 is 45.6. The molecule has 9 heteroatoms. The molecule has 0 aliphatic carbocycles. The summed E-state index contributed by atoms with van der Waals surface area (Å²) in [7, 11) is 2.07. The highest BCUT2D eigenvalue weighted by molar-refractivity contribution is 8.00. The summed E-state index contributed by atoms with van der Waals surface area (Å²) in [6, 6.07) is 5.40. The SMILES string of the molecule is CN(C(C)(C)C)C1(C)CCN(c2cc(F)c(SNc3cccc(F)n3)c(F)c2Cl)C1. The number of pyridine rings is 1. The normalized spacial score (nSPS) is 19.6. The Hall–Kier alpha value is -1.64. The number of rotatable bonds is 5. The molecule has 1 aliphatic rings. The number of hydrogen-bond acceptors (Lipinski definition) is 5. The molecular weight excluding hydrogens is 433 g/mol. The first kappa shape index (κ1) is 23.0. The molecule has 1 aromatic carbocycles. The average molecular weight is 459 g/mol. The highest BCUT2D eigenvalue weighted by Gasteiger charge is 2.42. The van der Waals surface area contributed by atoms with E-state index in [1.807, 2.05) is 4.90 Å². The van der Waals surface area contributed by atoms with Crippen LogP contribution in [0.5, 0.6) is 0 Å². The summed E-state index contributed by atoms with van der Waals surface area (Å²) in [5.74, 6) is -2.12. The van der Waals surface area contributed by atoms with Gasteiger partial charge < -0.3 is 9.62 Å². The van der Waals surface area contributed by atoms with Crippen molar-refractivity contribution < 1.29 is 13.2 Å². The van der Waals surface area contributed by atoms with Gasteiger partial charge in [0.15, 0.2) is 5.82 Å². The third-order valence-corrected chi connectivity index (χ3v) is 6.93. The van der Waals surface area contributed by atoms with Gasteiger partial charge in [-0.25, -0.2) is 13.8 Å². The van der Waals surface area contributed by atoms with Gasteiger partial charge in [0.05, 0.1) is 5.69 Å². The predicted octanol–water partition coefficient (Wildman–Crippen LogP) is 5.97. The van der Waals surface area contributed by atoms with Crippen molar-refractivity contribution in [3.63, 3.8) is 0 Å². The molecule has 0 spiro atoms. The van der Waals surface area contributed by atoms with Crippen molar-refractivity contribution in [2.45, 2.75) is 50.1 Å². The molecule has 0 saturated carbocycles. The Morgan fingerprint density at radius 3 is 2.60 bits per heavy atom. The minimum atomic E-state index is -0.849. The third kappa shape index (κ3) is 4.65. The molecule has 1 atom stereocenters. The zero-order chi connectivity index (χ0) is 22.3. The van der Waals surface area contributed by atoms with Gasteiger partial charge in [-0.2, -0.15) is 4.39 Å². The van der Waals surface area contributed by atoms with Crippen LogP contribution in [-0.2, 0) is 0 Å². The van der Waals surface area contributed by atoms with E-state index < -0.39 is 17.6 Å². The van der Waals surface area contributed by atoms with Gasteiger partial charge in [-0.1, -0.05) is 17.7 Å². The number of benzene rings is 1. The molecule has 0 amide bonds. The van der Waals surface area contributed by atoms with Crippen LogP contribution in [0.15, 0.2) is 29.2 Å². The number of aromatic nitrogens is 1. The van der Waals surface area contributed by atoms with Crippen molar-refractivity contribution in [2.75, 3.05) is 29.8 Å². The summed E-state index contributed by atoms with van der Waals surface area (Å²) in [5.41, 5.74) is 0.153. The zero-order valence-corrected chi connectivity index (χ0v) is 19.3. The molecule has 3 rings (SSSR count). The minimum absolute atomic E-state index is 0.0395. The van der Waals surface area contributed by atoms with Crippen molar-refractivity contribution in [3.8, 4) is 0 Å². The standard InChI is InChI=1S/C21H26ClF3N4S/c1-20(2,3)28(5)21(4)9-10-29(12-21)14-11-13(23)19(18(25)17(14)22)30-27-16-8-6-7-15(24)26-16/h6-8,11H,9-10,12H2,1-5H3,(H,26,27). The van der Waals surface area contributed by atoms with E-state index in [2.05, 4.69) is 49.3 Å². The zero-order valence-electron chi connectivity index (χ0n) is 17.7. The van der Waals surface area contributed by atoms with Crippen LogP contribution in [0.25, 0.3) is 0 Å². The molecule has 4 nitrogen and oxygen atoms in total. The number of hydrogen-bond donors (Lipinski definition) is 1. The predicted molar refractivity (Wildman–Crippen MR) is 118 cm³/mol. The van der Waals surface area contributed by atoms with Crippen molar-refractivity contribution in [2.24, 2.45) is 0 Å². The van der Waals surface area contributed by atoms with Gasteiger partial charge in [0.1, 0.15) is 21.6 Å². The fourth-order valence-corrected chi connectivity index (χ4v) is 4.69. The Bertz CT molecular complexity index is 937. The topological polar surface area (TPSA) is 31.4 Å². The maximum atomic E-state index is 14.9. The molecule has 1 N–H and O–H groups in total. The highest BCUT2D eigenvalue weighted by Crippen LogP contribution is 2.41. The fraction of sp³-hybridized carbons (Fsp3) is 0.476. The molecular formula is C21H26ClF3N4S. The Balaban J connectivity index is 1.81. The molecule has 1 aromatic heterocycles. The Morgan fingerprint density at radius 1 is 1.27 bits per heavy atom. The molecule has 2 aromatic rings. The van der Waals surface area contributed by atoms with Crippen LogP contribution in [0, 0.1) is 17.6 Å². The van der Waals surface area contributed by atoms with Gasteiger partial charge in [-0.15, -0.1) is 0 Å². The number of anilines is 2. The Labute approximate surface area is 184 Å². The number of halogens is 4. The minimum Gasteiger partial charge on any atom is -0.368 e. The van der Waals surface area contributed by atoms with E-state index in [0.29, 0.717) is 30.7 Å². The third-order valence-electron chi connectivity index (χ3n) is 5.68. The molecule has 2 heterocycles. The average Bonchev–Trinajstić information content (AvgIpc) is 3.06. The van der Waals surface area contributed by atoms with Crippen LogP contribution in [0.3, 0.4) is 0 Å². The van der Waals surface area contributed by atoms with E-state index in [-0.39, 0.29) is 26.8 Å². The Morgan fingerprint density at radius 2 is 1.97 bits per heavy atom. The second kappa shape index (κ2) is 8.48. The monoisotopic (exact) mass is 458 g/mol. The van der Waals surface area contributed by atoms with Gasteiger partial charge in [0, 0.05) is 30.2 Å². The first-order chi connectivity index (χ1) is 13.9. The number of likely N-dealkylation sites (N-methyl/N-ethyl adjacent to an activating group) is 1. The maximum Gasteiger partial charge on any atom is 0.214 e. The van der Waals surface area contributed by atoms with Crippen LogP contribution in [-0.4, -0.2) is 41.1 Å². The van der Waals surface area contributed by atoms with E-state index in [4.69, 9.17) is 11.6 Å². The fourth-order valence-electron chi connectivity index (χ4n) is 3.69. The lowest BCUT2D eigenvalue weighted by molar-refractivity contribution is 0.0589. The van der Waals surface area contributed by atoms with Crippen LogP contribution in [0.1, 0.15) is 34.1 Å². The molecule has 1 aliphatic heterocycles. The van der Waals surface area contributed by atoms with Gasteiger partial charge in [0.25, 0.3) is 0 Å². The summed E-state index contributed by atoms with van der Waals surface area (Å²) >= 11 is 6.97. The van der Waals surface area contributed by atoms with E-state index in [9.17, 15) is 13.2 Å². The molecule has 1 fully saturated rings. The van der Waals surface area contributed by atoms with Gasteiger partial charge >= 0.3 is 0 Å². The van der Waals surface area contributed by atoms with E-state index in [1.165, 1.54) is 24.3 Å². The molecule has 30 heavy (non-hydrogen) atoms. The van der Waals surface area contributed by atoms with Crippen LogP contribution in [0.2, 0.25) is 5.02 Å². The number of nitrogens with zero attached hydrogens (tertiary/aromatic N) is 3. The van der Waals surface area contributed by atoms with Crippen LogP contribution >= 0.6 is 23.5 Å². The summed E-state index contributed by atoms with van der Waals surface area (Å²) in [5, 5.41) is -0.129. The van der Waals surface area contributed by atoms with Crippen LogP contribution in [0.4, 0.5) is 24.7 Å². The molecule has 1 saturated heterocycles. The van der Waals surface area contributed by atoms with Gasteiger partial charge in [0.2, 0.25) is 5.95 Å². The molecule has 0 bridgehead atoms. The largest absolute Gasteiger partial charge is 0.368 e. The first-order valence-electron chi connectivity index (χ1n) is 9.64. The molecule has 0 radical (unpaired) electrons. The summed E-state index contributed by atoms with van der Waals surface area (Å²) in [6.45, 7) is 9.82. The van der Waals surface area contributed by atoms with E-state index in [1.54, 1.807) is 0 Å². The Kier molecular flexibility index (Phi) is 6.51. The summed E-state index contributed by atoms with van der Waals surface area (Å²) in [4.78, 5) is 7.54. The first-order valence-corrected chi connectivity index (χ1v) is 10.8. The van der Waals surface area contributed by atoms with Crippen LogP contribution < -0.4 is 9.62 Å². The van der Waals surface area contributed by atoms with Crippen molar-refractivity contribution in [3.05, 3.63) is 46.9 Å². The smallest absolute Gasteiger partial charge is 0.214 e. The number of nitrogens with one attached hydrogen (secondary N) is 1. The second-order valence-electron chi connectivity index (χ2n) is 8.78. The second-order valence-corrected chi connectivity index (χ2v) is 9.98. The van der Waals surface area contributed by atoms with Crippen molar-refractivity contribution >= 4 is 35.1 Å². The van der Waals surface area contributed by atoms with Crippen molar-refractivity contribution in [1.29, 1.82) is 0 Å². The lowest BCUT2D eigenvalue weighted by Crippen LogP contribution is -2.54. The lowest BCUT2D eigenvalue weighted by Gasteiger charge is -2.44. The molecule has 164 valence electrons. The van der Waals surface area contributed by atoms with Gasteiger partial charge in [-0.3, -0.25) is 4.90 Å². The summed E-state index contributed by atoms with van der Waals surface area (Å²) in [6.07, 6.45) is 0.851. The lowest BCUT2D eigenvalue weighted by atomic mass is 9.93. The highest BCUT2D eigenvalue weighted by atomic mass is 35.5. The quantitative estimate of drug-likeness (QED) is 0.339. The van der Waals surface area contributed by atoms with Crippen molar-refractivity contribution in [1.82, 2.24) is 9.88 Å². The van der Waals surface area contributed by atoms with Gasteiger partial charge in [-0.05, 0) is 65.2 Å². The van der Waals surface area contributed by atoms with E-state index in [0.717, 1.165) is 6.42 Å². The van der Waals surface area contributed by atoms with E-state index >= 15 is 0 Å². The molecule has 1 unspecified atom stereocenters.